The average molecular weight is 233 g/mol. The third-order valence-electron chi connectivity index (χ3n) is 2.91. The number of nitro groups is 1. The second-order valence-corrected chi connectivity index (χ2v) is 3.94. The van der Waals surface area contributed by atoms with Crippen LogP contribution in [0.4, 0.5) is 5.69 Å². The smallest absolute Gasteiger partial charge is 0.270 e. The van der Waals surface area contributed by atoms with Crippen molar-refractivity contribution in [3.8, 4) is 0 Å². The van der Waals surface area contributed by atoms with Gasteiger partial charge in [-0.05, 0) is 31.5 Å². The highest BCUT2D eigenvalue weighted by molar-refractivity contribution is 5.86. The summed E-state index contributed by atoms with van der Waals surface area (Å²) in [6.45, 7) is 3.44. The molecule has 0 aliphatic rings. The molecule has 0 aliphatic heterocycles. The molecule has 0 atom stereocenters. The lowest BCUT2D eigenvalue weighted by atomic mass is 10.1. The number of fused-ring (bicyclic) bond motifs is 1. The van der Waals surface area contributed by atoms with Gasteiger partial charge in [0.2, 0.25) is 0 Å². The monoisotopic (exact) mass is 233 g/mol. The Bertz CT molecular complexity index is 560. The number of hydrogen-bond donors (Lipinski definition) is 1. The summed E-state index contributed by atoms with van der Waals surface area (Å²) < 4.78 is 2.09. The molecule has 0 bridgehead atoms. The van der Waals surface area contributed by atoms with Crippen LogP contribution in [-0.2, 0) is 13.0 Å². The first-order valence-electron chi connectivity index (χ1n) is 5.63. The Morgan fingerprint density at radius 2 is 2.24 bits per heavy atom. The molecule has 0 aliphatic carbocycles. The molecular weight excluding hydrogens is 218 g/mol. The van der Waals surface area contributed by atoms with Crippen molar-refractivity contribution >= 4 is 16.6 Å². The number of hydrogen-bond acceptors (Lipinski definition) is 3. The highest BCUT2D eigenvalue weighted by Crippen LogP contribution is 2.26. The van der Waals surface area contributed by atoms with Crippen LogP contribution in [0.25, 0.3) is 10.9 Å². The summed E-state index contributed by atoms with van der Waals surface area (Å²) in [7, 11) is 0. The van der Waals surface area contributed by atoms with E-state index in [1.807, 2.05) is 13.1 Å². The van der Waals surface area contributed by atoms with Gasteiger partial charge in [-0.15, -0.1) is 0 Å². The Labute approximate surface area is 99.0 Å². The van der Waals surface area contributed by atoms with Crippen molar-refractivity contribution in [2.24, 2.45) is 5.73 Å². The molecule has 0 spiro atoms. The van der Waals surface area contributed by atoms with E-state index in [9.17, 15) is 10.1 Å². The van der Waals surface area contributed by atoms with E-state index in [-0.39, 0.29) is 10.6 Å². The predicted octanol–water partition coefficient (Wildman–Crippen LogP) is 2.07. The number of non-ortho nitro benzene ring substituents is 1. The van der Waals surface area contributed by atoms with E-state index >= 15 is 0 Å². The first-order valence-corrected chi connectivity index (χ1v) is 5.63. The first-order chi connectivity index (χ1) is 8.17. The van der Waals surface area contributed by atoms with Crippen molar-refractivity contribution < 1.29 is 4.92 Å². The molecule has 2 N–H and O–H groups in total. The summed E-state index contributed by atoms with van der Waals surface area (Å²) in [6.07, 6.45) is 2.77. The van der Waals surface area contributed by atoms with Gasteiger partial charge >= 0.3 is 0 Å². The molecular formula is C12H15N3O2. The van der Waals surface area contributed by atoms with E-state index in [1.54, 1.807) is 18.2 Å². The van der Waals surface area contributed by atoms with Crippen LogP contribution in [0, 0.1) is 10.1 Å². The van der Waals surface area contributed by atoms with Gasteiger partial charge in [-0.3, -0.25) is 10.1 Å². The largest absolute Gasteiger partial charge is 0.347 e. The number of nitrogens with zero attached hydrogens (tertiary/aromatic N) is 2. The number of aromatic nitrogens is 1. The molecule has 0 saturated carbocycles. The Kier molecular flexibility index (Phi) is 3.10. The fourth-order valence-electron chi connectivity index (χ4n) is 2.09. The number of nitro benzene ring substituents is 1. The summed E-state index contributed by atoms with van der Waals surface area (Å²) in [5.41, 5.74) is 7.79. The molecule has 0 saturated heterocycles. The van der Waals surface area contributed by atoms with Gasteiger partial charge in [0.25, 0.3) is 5.69 Å². The van der Waals surface area contributed by atoms with Crippen LogP contribution in [0.15, 0.2) is 24.4 Å². The molecule has 2 aromatic rings. The highest BCUT2D eigenvalue weighted by Gasteiger charge is 2.12. The zero-order valence-corrected chi connectivity index (χ0v) is 9.72. The maximum Gasteiger partial charge on any atom is 0.270 e. The zero-order valence-electron chi connectivity index (χ0n) is 9.72. The standard InChI is InChI=1S/C12H15N3O2/c1-2-14-8-9(5-6-13)11-7-10(15(16)17)3-4-12(11)14/h3-4,7-8H,2,5-6,13H2,1H3. The first kappa shape index (κ1) is 11.6. The number of rotatable bonds is 4. The summed E-state index contributed by atoms with van der Waals surface area (Å²) >= 11 is 0. The van der Waals surface area contributed by atoms with Crippen LogP contribution in [0.5, 0.6) is 0 Å². The molecule has 1 heterocycles. The Morgan fingerprint density at radius 1 is 1.47 bits per heavy atom. The van der Waals surface area contributed by atoms with E-state index in [2.05, 4.69) is 4.57 Å². The fraction of sp³-hybridized carbons (Fsp3) is 0.333. The second-order valence-electron chi connectivity index (χ2n) is 3.94. The van der Waals surface area contributed by atoms with E-state index in [1.165, 1.54) is 0 Å². The molecule has 17 heavy (non-hydrogen) atoms. The SMILES string of the molecule is CCn1cc(CCN)c2cc([N+](=O)[O-])ccc21. The van der Waals surface area contributed by atoms with Crippen LogP contribution in [-0.4, -0.2) is 16.0 Å². The zero-order chi connectivity index (χ0) is 12.4. The molecule has 0 unspecified atom stereocenters. The number of benzene rings is 1. The third kappa shape index (κ3) is 2.01. The summed E-state index contributed by atoms with van der Waals surface area (Å²) in [5, 5.41) is 11.7. The molecule has 0 fully saturated rings. The van der Waals surface area contributed by atoms with Gasteiger partial charge in [-0.1, -0.05) is 0 Å². The number of nitrogens with two attached hydrogens (primary N) is 1. The van der Waals surface area contributed by atoms with Crippen molar-refractivity contribution in [2.45, 2.75) is 19.9 Å². The minimum Gasteiger partial charge on any atom is -0.347 e. The molecule has 1 aromatic carbocycles. The molecule has 5 heteroatoms. The van der Waals surface area contributed by atoms with E-state index < -0.39 is 0 Å². The van der Waals surface area contributed by atoms with Crippen LogP contribution in [0.3, 0.4) is 0 Å². The van der Waals surface area contributed by atoms with E-state index in [0.29, 0.717) is 6.54 Å². The van der Waals surface area contributed by atoms with Crippen molar-refractivity contribution in [2.75, 3.05) is 6.54 Å². The minimum atomic E-state index is -0.366. The molecule has 1 aromatic heterocycles. The third-order valence-corrected chi connectivity index (χ3v) is 2.91. The lowest BCUT2D eigenvalue weighted by Gasteiger charge is -1.99. The number of aryl methyl sites for hydroxylation is 1. The maximum atomic E-state index is 10.8. The van der Waals surface area contributed by atoms with E-state index in [4.69, 9.17) is 5.73 Å². The molecule has 0 radical (unpaired) electrons. The topological polar surface area (TPSA) is 74.1 Å². The van der Waals surface area contributed by atoms with Gasteiger partial charge in [0, 0.05) is 35.8 Å². The van der Waals surface area contributed by atoms with Gasteiger partial charge < -0.3 is 10.3 Å². The van der Waals surface area contributed by atoms with Crippen molar-refractivity contribution in [3.63, 3.8) is 0 Å². The highest BCUT2D eigenvalue weighted by atomic mass is 16.6. The van der Waals surface area contributed by atoms with Gasteiger partial charge in [0.1, 0.15) is 0 Å². The van der Waals surface area contributed by atoms with Gasteiger partial charge in [-0.2, -0.15) is 0 Å². The van der Waals surface area contributed by atoms with Crippen molar-refractivity contribution in [1.82, 2.24) is 4.57 Å². The van der Waals surface area contributed by atoms with Crippen LogP contribution in [0.2, 0.25) is 0 Å². The lowest BCUT2D eigenvalue weighted by Crippen LogP contribution is -2.02. The Morgan fingerprint density at radius 3 is 2.82 bits per heavy atom. The van der Waals surface area contributed by atoms with Crippen LogP contribution < -0.4 is 5.73 Å². The molecule has 0 amide bonds. The summed E-state index contributed by atoms with van der Waals surface area (Å²) in [6, 6.07) is 4.98. The quantitative estimate of drug-likeness (QED) is 0.649. The van der Waals surface area contributed by atoms with E-state index in [0.717, 1.165) is 29.4 Å². The van der Waals surface area contributed by atoms with Crippen molar-refractivity contribution in [3.05, 3.63) is 40.1 Å². The van der Waals surface area contributed by atoms with Crippen molar-refractivity contribution in [1.29, 1.82) is 0 Å². The summed E-state index contributed by atoms with van der Waals surface area (Å²) in [5.74, 6) is 0. The minimum absolute atomic E-state index is 0.129. The molecule has 5 nitrogen and oxygen atoms in total. The van der Waals surface area contributed by atoms with Crippen LogP contribution >= 0.6 is 0 Å². The predicted molar refractivity (Wildman–Crippen MR) is 67.0 cm³/mol. The van der Waals surface area contributed by atoms with Gasteiger partial charge in [0.15, 0.2) is 0 Å². The van der Waals surface area contributed by atoms with Crippen LogP contribution in [0.1, 0.15) is 12.5 Å². The average Bonchev–Trinajstić information content (AvgIpc) is 2.67. The molecule has 90 valence electrons. The molecule has 2 rings (SSSR count). The Hall–Kier alpha value is -1.88. The fourth-order valence-corrected chi connectivity index (χ4v) is 2.09. The van der Waals surface area contributed by atoms with Gasteiger partial charge in [0.05, 0.1) is 4.92 Å². The maximum absolute atomic E-state index is 10.8. The Balaban J connectivity index is 2.64. The normalized spacial score (nSPS) is 10.9. The second kappa shape index (κ2) is 4.55. The summed E-state index contributed by atoms with van der Waals surface area (Å²) in [4.78, 5) is 10.4. The van der Waals surface area contributed by atoms with Gasteiger partial charge in [-0.25, -0.2) is 0 Å². The lowest BCUT2D eigenvalue weighted by molar-refractivity contribution is -0.384.